The molecule has 2 aromatic heterocycles. The van der Waals surface area contributed by atoms with Gasteiger partial charge in [-0.1, -0.05) is 13.0 Å². The van der Waals surface area contributed by atoms with Crippen LogP contribution in [0.5, 0.6) is 0 Å². The Kier molecular flexibility index (Phi) is 3.16. The van der Waals surface area contributed by atoms with Gasteiger partial charge in [0.15, 0.2) is 17.7 Å². The molecule has 0 bridgehead atoms. The lowest BCUT2D eigenvalue weighted by Gasteiger charge is -2.29. The summed E-state index contributed by atoms with van der Waals surface area (Å²) in [7, 11) is 0. The average molecular weight is 291 g/mol. The highest BCUT2D eigenvalue weighted by molar-refractivity contribution is 5.81. The van der Waals surface area contributed by atoms with E-state index in [1.54, 1.807) is 11.5 Å². The van der Waals surface area contributed by atoms with E-state index in [1.165, 1.54) is 18.7 Å². The van der Waals surface area contributed by atoms with Crippen molar-refractivity contribution in [3.05, 3.63) is 25.3 Å². The first-order valence-electron chi connectivity index (χ1n) is 6.58. The van der Waals surface area contributed by atoms with Crippen LogP contribution in [0.3, 0.4) is 0 Å². The molecule has 3 rings (SSSR count). The minimum Gasteiger partial charge on any atom is -0.394 e. The van der Waals surface area contributed by atoms with Gasteiger partial charge in [-0.25, -0.2) is 15.0 Å². The number of nitrogen functional groups attached to an aromatic ring is 1. The first-order valence-corrected chi connectivity index (χ1v) is 6.58. The molecule has 1 aliphatic heterocycles. The van der Waals surface area contributed by atoms with Gasteiger partial charge in [0.1, 0.15) is 17.4 Å². The van der Waals surface area contributed by atoms with Gasteiger partial charge in [0.05, 0.1) is 19.0 Å². The second kappa shape index (κ2) is 4.76. The molecule has 4 N–H and O–H groups in total. The lowest BCUT2D eigenvalue weighted by Crippen LogP contribution is -2.39. The first-order chi connectivity index (χ1) is 10.0. The Hall–Kier alpha value is -2.03. The highest BCUT2D eigenvalue weighted by atomic mass is 16.5. The van der Waals surface area contributed by atoms with Crippen molar-refractivity contribution in [3.8, 4) is 0 Å². The molecule has 1 fully saturated rings. The van der Waals surface area contributed by atoms with Crippen molar-refractivity contribution in [3.63, 3.8) is 0 Å². The van der Waals surface area contributed by atoms with E-state index >= 15 is 0 Å². The van der Waals surface area contributed by atoms with E-state index in [-0.39, 0.29) is 18.3 Å². The Morgan fingerprint density at radius 2 is 2.29 bits per heavy atom. The van der Waals surface area contributed by atoms with E-state index < -0.39 is 17.9 Å². The molecule has 2 aromatic rings. The number of ether oxygens (including phenoxy) is 1. The summed E-state index contributed by atoms with van der Waals surface area (Å²) in [5, 5.41) is 20.2. The van der Waals surface area contributed by atoms with Crippen LogP contribution in [0.1, 0.15) is 13.2 Å². The quantitative estimate of drug-likeness (QED) is 0.673. The van der Waals surface area contributed by atoms with Crippen LogP contribution >= 0.6 is 0 Å². The number of fused-ring (bicyclic) bond motifs is 1. The molecule has 0 radical (unpaired) electrons. The second-order valence-electron chi connectivity index (χ2n) is 5.17. The van der Waals surface area contributed by atoms with Crippen LogP contribution in [-0.4, -0.2) is 48.0 Å². The van der Waals surface area contributed by atoms with Crippen LogP contribution in [0.2, 0.25) is 0 Å². The number of imidazole rings is 1. The van der Waals surface area contributed by atoms with Crippen molar-refractivity contribution in [1.82, 2.24) is 19.5 Å². The topological polar surface area (TPSA) is 119 Å². The summed E-state index contributed by atoms with van der Waals surface area (Å²) in [4.78, 5) is 12.2. The zero-order valence-electron chi connectivity index (χ0n) is 11.5. The Labute approximate surface area is 120 Å². The van der Waals surface area contributed by atoms with E-state index in [4.69, 9.17) is 10.5 Å². The number of nitrogens with zero attached hydrogens (tertiary/aromatic N) is 4. The normalized spacial score (nSPS) is 32.6. The fourth-order valence-electron chi connectivity index (χ4n) is 2.73. The van der Waals surface area contributed by atoms with Gasteiger partial charge in [-0.05, 0) is 0 Å². The van der Waals surface area contributed by atoms with Crippen molar-refractivity contribution < 1.29 is 14.9 Å². The summed E-state index contributed by atoms with van der Waals surface area (Å²) in [6.45, 7) is 5.29. The van der Waals surface area contributed by atoms with Gasteiger partial charge in [0.25, 0.3) is 0 Å². The van der Waals surface area contributed by atoms with Crippen LogP contribution in [0, 0.1) is 5.92 Å². The van der Waals surface area contributed by atoms with Gasteiger partial charge in [-0.15, -0.1) is 6.58 Å². The minimum atomic E-state index is -1.35. The van der Waals surface area contributed by atoms with Crippen molar-refractivity contribution >= 4 is 17.0 Å². The Morgan fingerprint density at radius 3 is 2.95 bits per heavy atom. The van der Waals surface area contributed by atoms with Gasteiger partial charge in [0.2, 0.25) is 0 Å². The van der Waals surface area contributed by atoms with Crippen LogP contribution in [-0.2, 0) is 4.74 Å². The number of hydrogen-bond donors (Lipinski definition) is 3. The van der Waals surface area contributed by atoms with E-state index in [2.05, 4.69) is 21.5 Å². The third kappa shape index (κ3) is 1.84. The molecular formula is C13H17N5O3. The molecule has 21 heavy (non-hydrogen) atoms. The first kappa shape index (κ1) is 13.9. The molecule has 4 atom stereocenters. The SMILES string of the molecule is C=C[C@@]1(O)[C@H](C)[C@@H](CO)O[C@H]1n1cnc2c(N)ncnc21. The van der Waals surface area contributed by atoms with Crippen molar-refractivity contribution in [2.75, 3.05) is 12.3 Å². The standard InChI is InChI=1S/C13H17N5O3/c1-3-13(20)7(2)8(4-19)21-12(13)18-6-17-9-10(14)15-5-16-11(9)18/h3,5-8,12,19-20H,1,4H2,2H3,(H2,14,15,16)/t7-,8-,12-,13-/m1/s1. The van der Waals surface area contributed by atoms with Crippen LogP contribution in [0.4, 0.5) is 5.82 Å². The number of rotatable bonds is 3. The van der Waals surface area contributed by atoms with Gasteiger partial charge in [-0.2, -0.15) is 0 Å². The van der Waals surface area contributed by atoms with Crippen molar-refractivity contribution in [1.29, 1.82) is 0 Å². The summed E-state index contributed by atoms with van der Waals surface area (Å²) < 4.78 is 7.36. The van der Waals surface area contributed by atoms with E-state index in [0.717, 1.165) is 0 Å². The maximum absolute atomic E-state index is 10.9. The molecule has 1 saturated heterocycles. The monoisotopic (exact) mass is 291 g/mol. The molecule has 8 nitrogen and oxygen atoms in total. The summed E-state index contributed by atoms with van der Waals surface area (Å²) in [6.07, 6.45) is 2.94. The Balaban J connectivity index is 2.13. The lowest BCUT2D eigenvalue weighted by molar-refractivity contribution is -0.0740. The molecule has 112 valence electrons. The minimum absolute atomic E-state index is 0.197. The Bertz CT molecular complexity index is 687. The summed E-state index contributed by atoms with van der Waals surface area (Å²) in [5.41, 5.74) is 5.31. The van der Waals surface area contributed by atoms with Gasteiger partial charge >= 0.3 is 0 Å². The summed E-state index contributed by atoms with van der Waals surface area (Å²) >= 11 is 0. The lowest BCUT2D eigenvalue weighted by atomic mass is 9.86. The summed E-state index contributed by atoms with van der Waals surface area (Å²) in [5.74, 6) is -0.0766. The Morgan fingerprint density at radius 1 is 1.52 bits per heavy atom. The number of anilines is 1. The number of aromatic nitrogens is 4. The molecule has 0 spiro atoms. The fourth-order valence-corrected chi connectivity index (χ4v) is 2.73. The van der Waals surface area contributed by atoms with Crippen molar-refractivity contribution in [2.24, 2.45) is 5.92 Å². The molecule has 0 saturated carbocycles. The van der Waals surface area contributed by atoms with Gasteiger partial charge < -0.3 is 20.7 Å². The molecule has 1 aliphatic rings. The number of aliphatic hydroxyl groups excluding tert-OH is 1. The number of aliphatic hydroxyl groups is 2. The smallest absolute Gasteiger partial charge is 0.169 e. The van der Waals surface area contributed by atoms with Gasteiger partial charge in [-0.3, -0.25) is 4.57 Å². The molecule has 8 heteroatoms. The average Bonchev–Trinajstić information content (AvgIpc) is 3.01. The third-order valence-electron chi connectivity index (χ3n) is 4.13. The number of nitrogens with two attached hydrogens (primary N) is 1. The fraction of sp³-hybridized carbons (Fsp3) is 0.462. The van der Waals surface area contributed by atoms with Crippen LogP contribution in [0.15, 0.2) is 25.3 Å². The summed E-state index contributed by atoms with van der Waals surface area (Å²) in [6, 6.07) is 0. The molecule has 0 amide bonds. The van der Waals surface area contributed by atoms with E-state index in [1.807, 2.05) is 0 Å². The van der Waals surface area contributed by atoms with Crippen molar-refractivity contribution in [2.45, 2.75) is 24.9 Å². The molecular weight excluding hydrogens is 274 g/mol. The zero-order valence-corrected chi connectivity index (χ0v) is 11.5. The van der Waals surface area contributed by atoms with Crippen LogP contribution < -0.4 is 5.73 Å². The molecule has 3 heterocycles. The maximum atomic E-state index is 10.9. The predicted octanol–water partition coefficient (Wildman–Crippen LogP) is -0.149. The maximum Gasteiger partial charge on any atom is 0.169 e. The second-order valence-corrected chi connectivity index (χ2v) is 5.17. The van der Waals surface area contributed by atoms with Gasteiger partial charge in [0, 0.05) is 5.92 Å². The van der Waals surface area contributed by atoms with Crippen LogP contribution in [0.25, 0.3) is 11.2 Å². The predicted molar refractivity (Wildman–Crippen MR) is 75.0 cm³/mol. The molecule has 0 aromatic carbocycles. The number of hydrogen-bond acceptors (Lipinski definition) is 7. The zero-order chi connectivity index (χ0) is 15.2. The third-order valence-corrected chi connectivity index (χ3v) is 4.13. The highest BCUT2D eigenvalue weighted by Gasteiger charge is 2.52. The van der Waals surface area contributed by atoms with E-state index in [0.29, 0.717) is 11.2 Å². The van der Waals surface area contributed by atoms with E-state index in [9.17, 15) is 10.2 Å². The largest absolute Gasteiger partial charge is 0.394 e. The highest BCUT2D eigenvalue weighted by Crippen LogP contribution is 2.44. The molecule has 0 aliphatic carbocycles. The molecule has 0 unspecified atom stereocenters.